The van der Waals surface area contributed by atoms with E-state index in [-0.39, 0.29) is 22.9 Å². The van der Waals surface area contributed by atoms with Crippen molar-refractivity contribution < 1.29 is 14.3 Å². The molecule has 0 saturated heterocycles. The van der Waals surface area contributed by atoms with Crippen LogP contribution in [0.1, 0.15) is 23.7 Å². The van der Waals surface area contributed by atoms with Gasteiger partial charge in [-0.05, 0) is 25.1 Å². The zero-order valence-corrected chi connectivity index (χ0v) is 11.8. The van der Waals surface area contributed by atoms with Gasteiger partial charge in [-0.25, -0.2) is 0 Å². The normalized spacial score (nSPS) is 10.1. The number of carbonyl (C=O) groups is 2. The van der Waals surface area contributed by atoms with Gasteiger partial charge in [0.1, 0.15) is 0 Å². The number of hydrogen-bond acceptors (Lipinski definition) is 3. The largest absolute Gasteiger partial charge is 0.381 e. The second-order valence-corrected chi connectivity index (χ2v) is 4.42. The fourth-order valence-electron chi connectivity index (χ4n) is 1.24. The molecule has 0 saturated carbocycles. The zero-order chi connectivity index (χ0) is 14.3. The van der Waals surface area contributed by atoms with Crippen molar-refractivity contribution in [2.45, 2.75) is 13.3 Å². The minimum atomic E-state index is -0.508. The molecule has 0 atom stereocenters. The second kappa shape index (κ2) is 7.99. The smallest absolute Gasteiger partial charge is 0.271 e. The molecule has 104 valence electrons. The quantitative estimate of drug-likeness (QED) is 0.647. The number of amides is 2. The van der Waals surface area contributed by atoms with Gasteiger partial charge in [-0.1, -0.05) is 23.2 Å². The highest BCUT2D eigenvalue weighted by atomic mass is 35.5. The third-order valence-corrected chi connectivity index (χ3v) is 2.72. The van der Waals surface area contributed by atoms with Crippen LogP contribution in [0.25, 0.3) is 0 Å². The van der Waals surface area contributed by atoms with Crippen molar-refractivity contribution in [2.75, 3.05) is 13.2 Å². The van der Waals surface area contributed by atoms with Gasteiger partial charge in [-0.2, -0.15) is 0 Å². The minimum Gasteiger partial charge on any atom is -0.381 e. The predicted octanol–water partition coefficient (Wildman–Crippen LogP) is 2.18. The van der Waals surface area contributed by atoms with E-state index in [1.165, 1.54) is 12.1 Å². The van der Waals surface area contributed by atoms with E-state index in [0.717, 1.165) is 0 Å². The van der Waals surface area contributed by atoms with E-state index in [4.69, 9.17) is 27.9 Å². The van der Waals surface area contributed by atoms with E-state index in [1.54, 1.807) is 6.07 Å². The number of carbonyl (C=O) groups excluding carboxylic acids is 2. The van der Waals surface area contributed by atoms with Crippen LogP contribution in [0.5, 0.6) is 0 Å². The van der Waals surface area contributed by atoms with Crippen LogP contribution in [-0.4, -0.2) is 25.0 Å². The summed E-state index contributed by atoms with van der Waals surface area (Å²) in [7, 11) is 0. The summed E-state index contributed by atoms with van der Waals surface area (Å²) in [6.45, 7) is 2.68. The number of nitrogens with one attached hydrogen (secondary N) is 2. The molecule has 7 heteroatoms. The Hall–Kier alpha value is -1.30. The molecule has 5 nitrogen and oxygen atoms in total. The first kappa shape index (κ1) is 15.8. The fourth-order valence-corrected chi connectivity index (χ4v) is 1.73. The lowest BCUT2D eigenvalue weighted by molar-refractivity contribution is -0.122. The van der Waals surface area contributed by atoms with Crippen LogP contribution in [0.4, 0.5) is 0 Å². The number of hydrogen-bond donors (Lipinski definition) is 2. The van der Waals surface area contributed by atoms with E-state index in [2.05, 4.69) is 10.9 Å². The van der Waals surface area contributed by atoms with Crippen LogP contribution in [-0.2, 0) is 9.53 Å². The predicted molar refractivity (Wildman–Crippen MR) is 73.2 cm³/mol. The standard InChI is InChI=1S/C12H14Cl2N2O3/c1-2-19-6-5-11(17)15-16-12(18)9-4-3-8(13)7-10(9)14/h3-4,7H,2,5-6H2,1H3,(H,15,17)(H,16,18). The minimum absolute atomic E-state index is 0.169. The first-order valence-electron chi connectivity index (χ1n) is 5.66. The van der Waals surface area contributed by atoms with Crippen LogP contribution in [0.2, 0.25) is 10.0 Å². The van der Waals surface area contributed by atoms with Gasteiger partial charge in [0.05, 0.1) is 23.6 Å². The second-order valence-electron chi connectivity index (χ2n) is 3.57. The summed E-state index contributed by atoms with van der Waals surface area (Å²) in [5, 5.41) is 0.649. The summed E-state index contributed by atoms with van der Waals surface area (Å²) in [5.74, 6) is -0.849. The van der Waals surface area contributed by atoms with E-state index < -0.39 is 5.91 Å². The van der Waals surface area contributed by atoms with Crippen LogP contribution in [0, 0.1) is 0 Å². The topological polar surface area (TPSA) is 67.4 Å². The molecule has 0 bridgehead atoms. The highest BCUT2D eigenvalue weighted by Gasteiger charge is 2.11. The van der Waals surface area contributed by atoms with E-state index in [0.29, 0.717) is 18.2 Å². The highest BCUT2D eigenvalue weighted by Crippen LogP contribution is 2.20. The van der Waals surface area contributed by atoms with Crippen molar-refractivity contribution in [3.63, 3.8) is 0 Å². The maximum Gasteiger partial charge on any atom is 0.271 e. The Balaban J connectivity index is 2.45. The molecule has 1 rings (SSSR count). The van der Waals surface area contributed by atoms with Crippen molar-refractivity contribution in [3.05, 3.63) is 33.8 Å². The molecule has 0 radical (unpaired) electrons. The van der Waals surface area contributed by atoms with Crippen molar-refractivity contribution in [3.8, 4) is 0 Å². The first-order chi connectivity index (χ1) is 9.04. The van der Waals surface area contributed by atoms with E-state index in [9.17, 15) is 9.59 Å². The maximum absolute atomic E-state index is 11.7. The molecule has 0 spiro atoms. The average Bonchev–Trinajstić information content (AvgIpc) is 2.36. The van der Waals surface area contributed by atoms with Crippen molar-refractivity contribution >= 4 is 35.0 Å². The third kappa shape index (κ3) is 5.46. The summed E-state index contributed by atoms with van der Waals surface area (Å²) in [6, 6.07) is 4.47. The molecule has 2 amide bonds. The summed E-state index contributed by atoms with van der Waals surface area (Å²) in [5.41, 5.74) is 4.77. The maximum atomic E-state index is 11.7. The van der Waals surface area contributed by atoms with Crippen molar-refractivity contribution in [2.24, 2.45) is 0 Å². The van der Waals surface area contributed by atoms with Crippen LogP contribution >= 0.6 is 23.2 Å². The summed E-state index contributed by atoms with van der Waals surface area (Å²) in [6.07, 6.45) is 0.169. The Morgan fingerprint density at radius 3 is 2.63 bits per heavy atom. The van der Waals surface area contributed by atoms with Gasteiger partial charge in [0, 0.05) is 11.6 Å². The molecule has 0 aromatic heterocycles. The van der Waals surface area contributed by atoms with E-state index >= 15 is 0 Å². The molecule has 1 aromatic carbocycles. The summed E-state index contributed by atoms with van der Waals surface area (Å²) < 4.78 is 5.02. The van der Waals surface area contributed by atoms with Crippen molar-refractivity contribution in [1.29, 1.82) is 0 Å². The molecule has 0 aliphatic rings. The molecular formula is C12H14Cl2N2O3. The lowest BCUT2D eigenvalue weighted by Crippen LogP contribution is -2.42. The number of ether oxygens (including phenoxy) is 1. The van der Waals surface area contributed by atoms with Gasteiger partial charge in [0.2, 0.25) is 5.91 Å². The molecule has 0 aliphatic carbocycles. The highest BCUT2D eigenvalue weighted by molar-refractivity contribution is 6.36. The molecular weight excluding hydrogens is 291 g/mol. The monoisotopic (exact) mass is 304 g/mol. The van der Waals surface area contributed by atoms with Crippen LogP contribution < -0.4 is 10.9 Å². The number of benzene rings is 1. The third-order valence-electron chi connectivity index (χ3n) is 2.17. The van der Waals surface area contributed by atoms with Gasteiger partial charge in [-0.3, -0.25) is 20.4 Å². The lowest BCUT2D eigenvalue weighted by atomic mass is 10.2. The Morgan fingerprint density at radius 1 is 1.26 bits per heavy atom. The molecule has 0 aliphatic heterocycles. The number of rotatable bonds is 5. The van der Waals surface area contributed by atoms with E-state index in [1.807, 2.05) is 6.92 Å². The number of hydrazine groups is 1. The van der Waals surface area contributed by atoms with Gasteiger partial charge in [0.15, 0.2) is 0 Å². The zero-order valence-electron chi connectivity index (χ0n) is 10.3. The lowest BCUT2D eigenvalue weighted by Gasteiger charge is -2.08. The Kier molecular flexibility index (Phi) is 6.62. The Labute approximate surface area is 121 Å². The molecule has 2 N–H and O–H groups in total. The molecule has 1 aromatic rings. The summed E-state index contributed by atoms with van der Waals surface area (Å²) in [4.78, 5) is 23.1. The van der Waals surface area contributed by atoms with Crippen LogP contribution in [0.15, 0.2) is 18.2 Å². The summed E-state index contributed by atoms with van der Waals surface area (Å²) >= 11 is 11.6. The first-order valence-corrected chi connectivity index (χ1v) is 6.42. The van der Waals surface area contributed by atoms with Crippen LogP contribution in [0.3, 0.4) is 0 Å². The average molecular weight is 305 g/mol. The number of halogens is 2. The fraction of sp³-hybridized carbons (Fsp3) is 0.333. The SMILES string of the molecule is CCOCCC(=O)NNC(=O)c1ccc(Cl)cc1Cl. The molecule has 0 unspecified atom stereocenters. The Bertz CT molecular complexity index is 466. The Morgan fingerprint density at radius 2 is 2.00 bits per heavy atom. The molecule has 0 heterocycles. The molecule has 19 heavy (non-hydrogen) atoms. The van der Waals surface area contributed by atoms with Gasteiger partial charge in [-0.15, -0.1) is 0 Å². The van der Waals surface area contributed by atoms with Crippen molar-refractivity contribution in [1.82, 2.24) is 10.9 Å². The van der Waals surface area contributed by atoms with Gasteiger partial charge < -0.3 is 4.74 Å². The molecule has 0 fully saturated rings. The van der Waals surface area contributed by atoms with Gasteiger partial charge in [0.25, 0.3) is 5.91 Å². The van der Waals surface area contributed by atoms with Gasteiger partial charge >= 0.3 is 0 Å².